The molecule has 142 valence electrons. The molecular weight excluding hydrogens is 356 g/mol. The van der Waals surface area contributed by atoms with Gasteiger partial charge in [0.05, 0.1) is 5.69 Å². The largest absolute Gasteiger partial charge is 0.455 e. The Morgan fingerprint density at radius 1 is 0.964 bits per heavy atom. The first-order valence-electron chi connectivity index (χ1n) is 8.98. The number of carbonyl (C=O) groups is 1. The second kappa shape index (κ2) is 7.92. The van der Waals surface area contributed by atoms with Crippen molar-refractivity contribution in [1.29, 1.82) is 0 Å². The number of amides is 1. The molecule has 0 aliphatic carbocycles. The van der Waals surface area contributed by atoms with E-state index in [0.717, 1.165) is 11.4 Å². The summed E-state index contributed by atoms with van der Waals surface area (Å²) in [5, 5.41) is 6.09. The fraction of sp³-hybridized carbons (Fsp3) is 0.136. The summed E-state index contributed by atoms with van der Waals surface area (Å²) in [6.07, 6.45) is 0. The molecule has 0 saturated heterocycles. The first-order chi connectivity index (χ1) is 13.7. The molecule has 0 radical (unpaired) electrons. The molecule has 0 fully saturated rings. The third-order valence-corrected chi connectivity index (χ3v) is 4.26. The predicted octanol–water partition coefficient (Wildman–Crippen LogP) is 4.65. The number of anilines is 2. The van der Waals surface area contributed by atoms with E-state index >= 15 is 0 Å². The smallest absolute Gasteiger partial charge is 0.246 e. The molecule has 2 N–H and O–H groups in total. The Balaban J connectivity index is 1.43. The van der Waals surface area contributed by atoms with Gasteiger partial charge in [0.15, 0.2) is 17.2 Å². The number of nitrogens with one attached hydrogen (secondary N) is 2. The van der Waals surface area contributed by atoms with Crippen LogP contribution in [0.4, 0.5) is 11.4 Å². The van der Waals surface area contributed by atoms with Crippen LogP contribution < -0.4 is 24.8 Å². The van der Waals surface area contributed by atoms with Gasteiger partial charge in [-0.3, -0.25) is 4.79 Å². The Kier molecular flexibility index (Phi) is 5.01. The Morgan fingerprint density at radius 3 is 2.57 bits per heavy atom. The van der Waals surface area contributed by atoms with Gasteiger partial charge >= 0.3 is 0 Å². The Morgan fingerprint density at radius 2 is 1.71 bits per heavy atom. The van der Waals surface area contributed by atoms with Crippen LogP contribution in [0.25, 0.3) is 0 Å². The van der Waals surface area contributed by atoms with Crippen molar-refractivity contribution in [3.05, 3.63) is 72.8 Å². The molecule has 6 nitrogen and oxygen atoms in total. The summed E-state index contributed by atoms with van der Waals surface area (Å²) in [7, 11) is 0. The standard InChI is InChI=1S/C22H20N2O4/c1-15(22(25)24-16-11-12-20-21(13-16)27-14-26-20)23-18-9-5-6-10-19(18)28-17-7-3-2-4-8-17/h2-13,15,23H,14H2,1H3,(H,24,25). The van der Waals surface area contributed by atoms with Crippen LogP contribution in [0.1, 0.15) is 6.92 Å². The van der Waals surface area contributed by atoms with Crippen molar-refractivity contribution in [1.82, 2.24) is 0 Å². The Labute approximate surface area is 163 Å². The van der Waals surface area contributed by atoms with E-state index in [4.69, 9.17) is 14.2 Å². The van der Waals surface area contributed by atoms with Crippen molar-refractivity contribution < 1.29 is 19.0 Å². The van der Waals surface area contributed by atoms with Gasteiger partial charge in [0.25, 0.3) is 0 Å². The summed E-state index contributed by atoms with van der Waals surface area (Å²) in [5.41, 5.74) is 1.39. The monoisotopic (exact) mass is 376 g/mol. The van der Waals surface area contributed by atoms with Gasteiger partial charge in [0, 0.05) is 11.8 Å². The first kappa shape index (κ1) is 17.7. The summed E-state index contributed by atoms with van der Waals surface area (Å²) in [6, 6.07) is 21.9. The Bertz CT molecular complexity index is 975. The second-order valence-electron chi connectivity index (χ2n) is 6.33. The molecule has 0 saturated carbocycles. The number of rotatable bonds is 6. The van der Waals surface area contributed by atoms with Gasteiger partial charge < -0.3 is 24.8 Å². The number of para-hydroxylation sites is 3. The molecule has 0 bridgehead atoms. The molecule has 4 rings (SSSR count). The third-order valence-electron chi connectivity index (χ3n) is 4.26. The zero-order valence-electron chi connectivity index (χ0n) is 15.3. The molecular formula is C22H20N2O4. The molecule has 1 unspecified atom stereocenters. The van der Waals surface area contributed by atoms with Crippen LogP contribution in [-0.4, -0.2) is 18.7 Å². The normalized spacial score (nSPS) is 12.9. The summed E-state index contributed by atoms with van der Waals surface area (Å²) >= 11 is 0. The fourth-order valence-corrected chi connectivity index (χ4v) is 2.81. The van der Waals surface area contributed by atoms with Crippen molar-refractivity contribution in [3.8, 4) is 23.0 Å². The van der Waals surface area contributed by atoms with Crippen LogP contribution in [0, 0.1) is 0 Å². The second-order valence-corrected chi connectivity index (χ2v) is 6.33. The highest BCUT2D eigenvalue weighted by molar-refractivity contribution is 5.96. The lowest BCUT2D eigenvalue weighted by molar-refractivity contribution is -0.116. The lowest BCUT2D eigenvalue weighted by atomic mass is 10.2. The lowest BCUT2D eigenvalue weighted by Crippen LogP contribution is -2.31. The molecule has 1 amide bonds. The SMILES string of the molecule is CC(Nc1ccccc1Oc1ccccc1)C(=O)Nc1ccc2c(c1)OCO2. The van der Waals surface area contributed by atoms with Gasteiger partial charge in [0.1, 0.15) is 11.8 Å². The number of benzene rings is 3. The van der Waals surface area contributed by atoms with Gasteiger partial charge in [0.2, 0.25) is 12.7 Å². The molecule has 1 heterocycles. The predicted molar refractivity (Wildman–Crippen MR) is 107 cm³/mol. The highest BCUT2D eigenvalue weighted by Gasteiger charge is 2.18. The molecule has 1 aliphatic heterocycles. The van der Waals surface area contributed by atoms with Crippen LogP contribution in [-0.2, 0) is 4.79 Å². The first-order valence-corrected chi connectivity index (χ1v) is 8.98. The molecule has 0 spiro atoms. The average molecular weight is 376 g/mol. The minimum atomic E-state index is -0.481. The van der Waals surface area contributed by atoms with E-state index in [0.29, 0.717) is 22.9 Å². The van der Waals surface area contributed by atoms with Crippen LogP contribution in [0.5, 0.6) is 23.0 Å². The van der Waals surface area contributed by atoms with Gasteiger partial charge in [-0.25, -0.2) is 0 Å². The summed E-state index contributed by atoms with van der Waals surface area (Å²) < 4.78 is 16.6. The minimum Gasteiger partial charge on any atom is -0.455 e. The number of hydrogen-bond donors (Lipinski definition) is 2. The van der Waals surface area contributed by atoms with Gasteiger partial charge in [-0.2, -0.15) is 0 Å². The zero-order valence-corrected chi connectivity index (χ0v) is 15.3. The van der Waals surface area contributed by atoms with E-state index in [2.05, 4.69) is 10.6 Å². The molecule has 6 heteroatoms. The van der Waals surface area contributed by atoms with Crippen molar-refractivity contribution >= 4 is 17.3 Å². The quantitative estimate of drug-likeness (QED) is 0.656. The molecule has 28 heavy (non-hydrogen) atoms. The van der Waals surface area contributed by atoms with Crippen LogP contribution in [0.2, 0.25) is 0 Å². The number of hydrogen-bond acceptors (Lipinski definition) is 5. The van der Waals surface area contributed by atoms with Crippen molar-refractivity contribution in [2.24, 2.45) is 0 Å². The van der Waals surface area contributed by atoms with Crippen molar-refractivity contribution in [2.45, 2.75) is 13.0 Å². The van der Waals surface area contributed by atoms with Crippen LogP contribution in [0.3, 0.4) is 0 Å². The summed E-state index contributed by atoms with van der Waals surface area (Å²) in [4.78, 5) is 12.6. The Hall–Kier alpha value is -3.67. The topological polar surface area (TPSA) is 68.8 Å². The van der Waals surface area contributed by atoms with E-state index in [1.165, 1.54) is 0 Å². The molecule has 0 aromatic heterocycles. The molecule has 1 atom stereocenters. The molecule has 3 aromatic carbocycles. The van der Waals surface area contributed by atoms with Crippen molar-refractivity contribution in [3.63, 3.8) is 0 Å². The maximum atomic E-state index is 12.6. The third kappa shape index (κ3) is 4.01. The van der Waals surface area contributed by atoms with Gasteiger partial charge in [-0.05, 0) is 43.3 Å². The fourth-order valence-electron chi connectivity index (χ4n) is 2.81. The maximum absolute atomic E-state index is 12.6. The minimum absolute atomic E-state index is 0.173. The van der Waals surface area contributed by atoms with Crippen LogP contribution >= 0.6 is 0 Å². The number of carbonyl (C=O) groups excluding carboxylic acids is 1. The lowest BCUT2D eigenvalue weighted by Gasteiger charge is -2.18. The number of fused-ring (bicyclic) bond motifs is 1. The number of ether oxygens (including phenoxy) is 3. The van der Waals surface area contributed by atoms with Crippen molar-refractivity contribution in [2.75, 3.05) is 17.4 Å². The van der Waals surface area contributed by atoms with E-state index < -0.39 is 6.04 Å². The van der Waals surface area contributed by atoms with Gasteiger partial charge in [-0.1, -0.05) is 30.3 Å². The summed E-state index contributed by atoms with van der Waals surface area (Å²) in [6.45, 7) is 1.99. The van der Waals surface area contributed by atoms with E-state index in [-0.39, 0.29) is 12.7 Å². The van der Waals surface area contributed by atoms with E-state index in [9.17, 15) is 4.79 Å². The van der Waals surface area contributed by atoms with E-state index in [1.54, 1.807) is 25.1 Å². The highest BCUT2D eigenvalue weighted by atomic mass is 16.7. The summed E-state index contributed by atoms with van der Waals surface area (Å²) in [5.74, 6) is 2.51. The zero-order chi connectivity index (χ0) is 19.3. The highest BCUT2D eigenvalue weighted by Crippen LogP contribution is 2.34. The van der Waals surface area contributed by atoms with Crippen LogP contribution in [0.15, 0.2) is 72.8 Å². The molecule has 3 aromatic rings. The van der Waals surface area contributed by atoms with E-state index in [1.807, 2.05) is 54.6 Å². The van der Waals surface area contributed by atoms with Gasteiger partial charge in [-0.15, -0.1) is 0 Å². The molecule has 1 aliphatic rings. The average Bonchev–Trinajstić information content (AvgIpc) is 3.18. The maximum Gasteiger partial charge on any atom is 0.246 e.